The van der Waals surface area contributed by atoms with E-state index in [4.69, 9.17) is 4.74 Å². The number of nitrogens with one attached hydrogen (secondary N) is 1. The lowest BCUT2D eigenvalue weighted by atomic mass is 10.2. The molecule has 0 aliphatic carbocycles. The standard InChI is InChI=1S/C17H18N6O4/c1-11-8-12(2)22(19-11)10-21-7-6-15(20-21)17(24)18-14-5-4-13(23(25)26)9-16(14)27-3/h4-9H,10H2,1-3H3,(H,18,24). The molecule has 140 valence electrons. The number of rotatable bonds is 6. The number of carbonyl (C=O) groups is 1. The van der Waals surface area contributed by atoms with E-state index in [0.717, 1.165) is 11.4 Å². The smallest absolute Gasteiger partial charge is 0.276 e. The highest BCUT2D eigenvalue weighted by Crippen LogP contribution is 2.29. The third-order valence-corrected chi connectivity index (χ3v) is 3.90. The predicted molar refractivity (Wildman–Crippen MR) is 96.9 cm³/mol. The van der Waals surface area contributed by atoms with Crippen LogP contribution in [0.5, 0.6) is 5.75 Å². The summed E-state index contributed by atoms with van der Waals surface area (Å²) >= 11 is 0. The topological polar surface area (TPSA) is 117 Å². The van der Waals surface area contributed by atoms with Gasteiger partial charge in [0, 0.05) is 18.0 Å². The number of nitro benzene ring substituents is 1. The maximum Gasteiger partial charge on any atom is 0.276 e. The Balaban J connectivity index is 1.74. The lowest BCUT2D eigenvalue weighted by Crippen LogP contribution is -2.16. The highest BCUT2D eigenvalue weighted by atomic mass is 16.6. The zero-order valence-electron chi connectivity index (χ0n) is 15.0. The molecular formula is C17H18N6O4. The van der Waals surface area contributed by atoms with Gasteiger partial charge in [0.05, 0.1) is 29.5 Å². The summed E-state index contributed by atoms with van der Waals surface area (Å²) in [4.78, 5) is 22.8. The van der Waals surface area contributed by atoms with Crippen LogP contribution in [0.1, 0.15) is 21.9 Å². The number of aromatic nitrogens is 4. The predicted octanol–water partition coefficient (Wildman–Crippen LogP) is 2.37. The Morgan fingerprint density at radius 2 is 2.04 bits per heavy atom. The largest absolute Gasteiger partial charge is 0.494 e. The number of anilines is 1. The van der Waals surface area contributed by atoms with E-state index in [9.17, 15) is 14.9 Å². The Morgan fingerprint density at radius 1 is 1.26 bits per heavy atom. The highest BCUT2D eigenvalue weighted by molar-refractivity contribution is 6.03. The van der Waals surface area contributed by atoms with Gasteiger partial charge in [-0.05, 0) is 32.0 Å². The minimum Gasteiger partial charge on any atom is -0.494 e. The zero-order valence-corrected chi connectivity index (χ0v) is 15.0. The van der Waals surface area contributed by atoms with E-state index in [-0.39, 0.29) is 17.1 Å². The number of nitro groups is 1. The van der Waals surface area contributed by atoms with Gasteiger partial charge in [0.2, 0.25) is 0 Å². The number of hydrogen-bond acceptors (Lipinski definition) is 6. The van der Waals surface area contributed by atoms with Gasteiger partial charge < -0.3 is 10.1 Å². The van der Waals surface area contributed by atoms with Gasteiger partial charge in [-0.15, -0.1) is 0 Å². The summed E-state index contributed by atoms with van der Waals surface area (Å²) in [5.41, 5.74) is 2.30. The fourth-order valence-electron chi connectivity index (χ4n) is 2.60. The maximum atomic E-state index is 12.4. The maximum absolute atomic E-state index is 12.4. The number of benzene rings is 1. The molecule has 0 aliphatic rings. The molecule has 27 heavy (non-hydrogen) atoms. The molecule has 0 spiro atoms. The number of methoxy groups -OCH3 is 1. The minimum absolute atomic E-state index is 0.126. The molecule has 0 aliphatic heterocycles. The quantitative estimate of drug-likeness (QED) is 0.526. The van der Waals surface area contributed by atoms with E-state index in [0.29, 0.717) is 12.4 Å². The van der Waals surface area contributed by atoms with Crippen molar-refractivity contribution in [2.24, 2.45) is 0 Å². The molecule has 0 unspecified atom stereocenters. The van der Waals surface area contributed by atoms with Crippen molar-refractivity contribution in [3.63, 3.8) is 0 Å². The number of amides is 1. The molecule has 0 saturated carbocycles. The summed E-state index contributed by atoms with van der Waals surface area (Å²) in [5, 5.41) is 22.1. The van der Waals surface area contributed by atoms with Crippen LogP contribution in [0.3, 0.4) is 0 Å². The van der Waals surface area contributed by atoms with Crippen LogP contribution in [-0.4, -0.2) is 37.5 Å². The van der Waals surface area contributed by atoms with Gasteiger partial charge in [-0.25, -0.2) is 4.68 Å². The van der Waals surface area contributed by atoms with Gasteiger partial charge in [-0.3, -0.25) is 19.6 Å². The Morgan fingerprint density at radius 3 is 2.67 bits per heavy atom. The summed E-state index contributed by atoms with van der Waals surface area (Å²) in [7, 11) is 1.37. The van der Waals surface area contributed by atoms with Gasteiger partial charge in [0.15, 0.2) is 5.69 Å². The highest BCUT2D eigenvalue weighted by Gasteiger charge is 2.16. The molecule has 1 N–H and O–H groups in total. The Bertz CT molecular complexity index is 1010. The first-order chi connectivity index (χ1) is 12.9. The molecule has 2 aromatic heterocycles. The van der Waals surface area contributed by atoms with Crippen molar-refractivity contribution in [2.45, 2.75) is 20.5 Å². The van der Waals surface area contributed by atoms with Crippen LogP contribution in [0.25, 0.3) is 0 Å². The summed E-state index contributed by atoms with van der Waals surface area (Å²) < 4.78 is 8.50. The first-order valence-corrected chi connectivity index (χ1v) is 8.05. The van der Waals surface area contributed by atoms with Gasteiger partial charge >= 0.3 is 0 Å². The van der Waals surface area contributed by atoms with Crippen molar-refractivity contribution in [1.29, 1.82) is 0 Å². The Labute approximate surface area is 154 Å². The lowest BCUT2D eigenvalue weighted by Gasteiger charge is -2.09. The molecule has 0 bridgehead atoms. The molecule has 0 saturated heterocycles. The van der Waals surface area contributed by atoms with Gasteiger partial charge in [0.1, 0.15) is 12.4 Å². The number of carbonyl (C=O) groups excluding carboxylic acids is 1. The second kappa shape index (κ2) is 7.28. The van der Waals surface area contributed by atoms with Crippen LogP contribution >= 0.6 is 0 Å². The van der Waals surface area contributed by atoms with Crippen LogP contribution in [0.15, 0.2) is 36.5 Å². The molecule has 10 nitrogen and oxygen atoms in total. The monoisotopic (exact) mass is 370 g/mol. The minimum atomic E-state index is -0.533. The van der Waals surface area contributed by atoms with E-state index in [1.165, 1.54) is 25.3 Å². The molecule has 1 aromatic carbocycles. The van der Waals surface area contributed by atoms with Crippen LogP contribution in [0.2, 0.25) is 0 Å². The van der Waals surface area contributed by atoms with Gasteiger partial charge in [-0.2, -0.15) is 10.2 Å². The third kappa shape index (κ3) is 3.94. The fourth-order valence-corrected chi connectivity index (χ4v) is 2.60. The van der Waals surface area contributed by atoms with Crippen molar-refractivity contribution in [3.05, 3.63) is 63.7 Å². The summed E-state index contributed by atoms with van der Waals surface area (Å²) in [5.74, 6) is -0.256. The first-order valence-electron chi connectivity index (χ1n) is 8.05. The summed E-state index contributed by atoms with van der Waals surface area (Å²) in [6, 6.07) is 7.50. The molecule has 10 heteroatoms. The molecule has 0 atom stereocenters. The first kappa shape index (κ1) is 18.1. The van der Waals surface area contributed by atoms with Crippen molar-refractivity contribution in [1.82, 2.24) is 19.6 Å². The summed E-state index contributed by atoms with van der Waals surface area (Å²) in [6.07, 6.45) is 1.68. The number of aryl methyl sites for hydroxylation is 2. The fraction of sp³-hybridized carbons (Fsp3) is 0.235. The van der Waals surface area contributed by atoms with Crippen LogP contribution in [-0.2, 0) is 6.67 Å². The third-order valence-electron chi connectivity index (χ3n) is 3.90. The van der Waals surface area contributed by atoms with E-state index in [1.807, 2.05) is 19.9 Å². The van der Waals surface area contributed by atoms with Gasteiger partial charge in [-0.1, -0.05) is 0 Å². The lowest BCUT2D eigenvalue weighted by molar-refractivity contribution is -0.384. The molecule has 0 fully saturated rings. The van der Waals surface area contributed by atoms with E-state index >= 15 is 0 Å². The second-order valence-corrected chi connectivity index (χ2v) is 5.90. The SMILES string of the molecule is COc1cc([N+](=O)[O-])ccc1NC(=O)c1ccn(Cn2nc(C)cc2C)n1. The number of non-ortho nitro benzene ring substituents is 1. The average molecular weight is 370 g/mol. The normalized spacial score (nSPS) is 10.6. The van der Waals surface area contributed by atoms with Crippen molar-refractivity contribution in [2.75, 3.05) is 12.4 Å². The zero-order chi connectivity index (χ0) is 19.6. The van der Waals surface area contributed by atoms with Crippen LogP contribution in [0, 0.1) is 24.0 Å². The summed E-state index contributed by atoms with van der Waals surface area (Å²) in [6.45, 7) is 4.23. The average Bonchev–Trinajstić information content (AvgIpc) is 3.21. The van der Waals surface area contributed by atoms with Crippen molar-refractivity contribution in [3.8, 4) is 5.75 Å². The molecule has 0 radical (unpaired) electrons. The van der Waals surface area contributed by atoms with Gasteiger partial charge in [0.25, 0.3) is 11.6 Å². The molecular weight excluding hydrogens is 352 g/mol. The number of hydrogen-bond donors (Lipinski definition) is 1. The molecule has 1 amide bonds. The van der Waals surface area contributed by atoms with Crippen molar-refractivity contribution < 1.29 is 14.5 Å². The molecule has 3 aromatic rings. The number of ether oxygens (including phenoxy) is 1. The van der Waals surface area contributed by atoms with Crippen LogP contribution in [0.4, 0.5) is 11.4 Å². The van der Waals surface area contributed by atoms with Crippen LogP contribution < -0.4 is 10.1 Å². The van der Waals surface area contributed by atoms with E-state index in [2.05, 4.69) is 15.5 Å². The molecule has 3 rings (SSSR count). The van der Waals surface area contributed by atoms with E-state index < -0.39 is 10.8 Å². The molecule has 2 heterocycles. The van der Waals surface area contributed by atoms with Crippen molar-refractivity contribution >= 4 is 17.3 Å². The number of nitrogens with zero attached hydrogens (tertiary/aromatic N) is 5. The Hall–Kier alpha value is -3.69. The van der Waals surface area contributed by atoms with E-state index in [1.54, 1.807) is 21.6 Å². The Kier molecular flexibility index (Phi) is 4.88. The second-order valence-electron chi connectivity index (χ2n) is 5.90.